The number of nitrogens with zero attached hydrogens (tertiary/aromatic N) is 4. The molecule has 0 radical (unpaired) electrons. The molecule has 0 aliphatic rings. The quantitative estimate of drug-likeness (QED) is 0.505. The van der Waals surface area contributed by atoms with Gasteiger partial charge in [-0.1, -0.05) is 42.1 Å². The lowest BCUT2D eigenvalue weighted by Crippen LogP contribution is -2.16. The first-order valence-corrected chi connectivity index (χ1v) is 10.0. The summed E-state index contributed by atoms with van der Waals surface area (Å²) in [6, 6.07) is 19.4. The van der Waals surface area contributed by atoms with Gasteiger partial charge in [0.1, 0.15) is 5.69 Å². The summed E-state index contributed by atoms with van der Waals surface area (Å²) in [4.78, 5) is 17.3. The van der Waals surface area contributed by atoms with Crippen molar-refractivity contribution < 1.29 is 4.79 Å². The van der Waals surface area contributed by atoms with E-state index in [0.29, 0.717) is 12.2 Å². The van der Waals surface area contributed by atoms with Gasteiger partial charge in [-0.15, -0.1) is 0 Å². The maximum atomic E-state index is 12.9. The summed E-state index contributed by atoms with van der Waals surface area (Å²) in [5.41, 5.74) is 3.25. The van der Waals surface area contributed by atoms with Crippen molar-refractivity contribution in [2.24, 2.45) is 0 Å². The van der Waals surface area contributed by atoms with Gasteiger partial charge in [-0.2, -0.15) is 5.10 Å². The SMILES string of the molecule is CSc1ncc(C(=O)Nc2ccc(Cn3cccn3)cc2)n1-c1ccccc1. The summed E-state index contributed by atoms with van der Waals surface area (Å²) >= 11 is 1.50. The molecule has 140 valence electrons. The highest BCUT2D eigenvalue weighted by atomic mass is 32.2. The molecule has 2 heterocycles. The number of para-hydroxylation sites is 1. The highest BCUT2D eigenvalue weighted by Gasteiger charge is 2.17. The molecule has 4 aromatic rings. The van der Waals surface area contributed by atoms with Crippen LogP contribution in [0.2, 0.25) is 0 Å². The fraction of sp³-hybridized carbons (Fsp3) is 0.0952. The standard InChI is InChI=1S/C21H19N5OS/c1-28-21-22-14-19(26(21)18-6-3-2-4-7-18)20(27)24-17-10-8-16(9-11-17)15-25-13-5-12-23-25/h2-14H,15H2,1H3,(H,24,27). The molecule has 0 unspecified atom stereocenters. The lowest BCUT2D eigenvalue weighted by Gasteiger charge is -2.11. The van der Waals surface area contributed by atoms with Gasteiger partial charge in [0.15, 0.2) is 5.16 Å². The van der Waals surface area contributed by atoms with E-state index in [9.17, 15) is 4.79 Å². The van der Waals surface area contributed by atoms with Gasteiger partial charge in [0, 0.05) is 23.8 Å². The van der Waals surface area contributed by atoms with Gasteiger partial charge >= 0.3 is 0 Å². The molecule has 0 aliphatic carbocycles. The Balaban J connectivity index is 1.53. The van der Waals surface area contributed by atoms with Crippen molar-refractivity contribution in [3.05, 3.63) is 90.5 Å². The smallest absolute Gasteiger partial charge is 0.274 e. The molecule has 1 N–H and O–H groups in total. The maximum absolute atomic E-state index is 12.9. The number of imidazole rings is 1. The van der Waals surface area contributed by atoms with Gasteiger partial charge in [0.25, 0.3) is 5.91 Å². The molecule has 4 rings (SSSR count). The summed E-state index contributed by atoms with van der Waals surface area (Å²) in [5, 5.41) is 7.94. The molecule has 0 saturated heterocycles. The van der Waals surface area contributed by atoms with Crippen LogP contribution >= 0.6 is 11.8 Å². The lowest BCUT2D eigenvalue weighted by atomic mass is 10.2. The molecule has 28 heavy (non-hydrogen) atoms. The molecular formula is C21H19N5OS. The molecule has 0 bridgehead atoms. The minimum atomic E-state index is -0.198. The van der Waals surface area contributed by atoms with Crippen LogP contribution in [0.4, 0.5) is 5.69 Å². The van der Waals surface area contributed by atoms with E-state index in [1.54, 1.807) is 12.4 Å². The Morgan fingerprint density at radius 3 is 2.54 bits per heavy atom. The number of nitrogens with one attached hydrogen (secondary N) is 1. The first-order valence-electron chi connectivity index (χ1n) is 8.79. The molecule has 0 aliphatic heterocycles. The third kappa shape index (κ3) is 3.84. The molecule has 6 nitrogen and oxygen atoms in total. The normalized spacial score (nSPS) is 10.8. The van der Waals surface area contributed by atoms with Crippen LogP contribution < -0.4 is 5.32 Å². The average Bonchev–Trinajstić information content (AvgIpc) is 3.39. The zero-order valence-electron chi connectivity index (χ0n) is 15.3. The van der Waals surface area contributed by atoms with Crippen LogP contribution in [0.25, 0.3) is 5.69 Å². The Bertz CT molecular complexity index is 1060. The van der Waals surface area contributed by atoms with Crippen molar-refractivity contribution >= 4 is 23.4 Å². The van der Waals surface area contributed by atoms with Crippen LogP contribution in [0.5, 0.6) is 0 Å². The minimum Gasteiger partial charge on any atom is -0.321 e. The van der Waals surface area contributed by atoms with Crippen molar-refractivity contribution in [3.8, 4) is 5.69 Å². The first-order chi connectivity index (χ1) is 13.7. The Morgan fingerprint density at radius 1 is 1.07 bits per heavy atom. The van der Waals surface area contributed by atoms with Gasteiger partial charge in [0.05, 0.1) is 12.7 Å². The molecular weight excluding hydrogens is 370 g/mol. The van der Waals surface area contributed by atoms with Gasteiger partial charge < -0.3 is 5.32 Å². The zero-order chi connectivity index (χ0) is 19.3. The number of rotatable bonds is 6. The number of benzene rings is 2. The summed E-state index contributed by atoms with van der Waals surface area (Å²) < 4.78 is 3.72. The number of hydrogen-bond acceptors (Lipinski definition) is 4. The number of carbonyl (C=O) groups is 1. The summed E-state index contributed by atoms with van der Waals surface area (Å²) in [5.74, 6) is -0.198. The van der Waals surface area contributed by atoms with Crippen LogP contribution in [-0.2, 0) is 6.54 Å². The van der Waals surface area contributed by atoms with Crippen LogP contribution in [0, 0.1) is 0 Å². The second-order valence-electron chi connectivity index (χ2n) is 6.16. The highest BCUT2D eigenvalue weighted by molar-refractivity contribution is 7.98. The van der Waals surface area contributed by atoms with E-state index in [4.69, 9.17) is 0 Å². The Labute approximate surface area is 167 Å². The van der Waals surface area contributed by atoms with Crippen LogP contribution in [0.3, 0.4) is 0 Å². The van der Waals surface area contributed by atoms with Crippen molar-refractivity contribution in [1.82, 2.24) is 19.3 Å². The number of amides is 1. The average molecular weight is 389 g/mol. The minimum absolute atomic E-state index is 0.198. The third-order valence-corrected chi connectivity index (χ3v) is 4.93. The van der Waals surface area contributed by atoms with Crippen molar-refractivity contribution in [3.63, 3.8) is 0 Å². The fourth-order valence-corrected chi connectivity index (χ4v) is 3.48. The van der Waals surface area contributed by atoms with Gasteiger partial charge in [-0.3, -0.25) is 14.0 Å². The maximum Gasteiger partial charge on any atom is 0.274 e. The number of anilines is 1. The largest absolute Gasteiger partial charge is 0.321 e. The molecule has 0 fully saturated rings. The van der Waals surface area contributed by atoms with E-state index in [-0.39, 0.29) is 5.91 Å². The molecule has 0 spiro atoms. The Kier molecular flexibility index (Phi) is 5.25. The van der Waals surface area contributed by atoms with Crippen LogP contribution in [0.15, 0.2) is 84.4 Å². The molecule has 1 amide bonds. The predicted molar refractivity (Wildman–Crippen MR) is 111 cm³/mol. The second-order valence-corrected chi connectivity index (χ2v) is 6.93. The van der Waals surface area contributed by atoms with Crippen molar-refractivity contribution in [2.75, 3.05) is 11.6 Å². The number of thioether (sulfide) groups is 1. The van der Waals surface area contributed by atoms with E-state index in [0.717, 1.165) is 22.1 Å². The zero-order valence-corrected chi connectivity index (χ0v) is 16.1. The highest BCUT2D eigenvalue weighted by Crippen LogP contribution is 2.22. The molecule has 0 atom stereocenters. The number of aromatic nitrogens is 4. The van der Waals surface area contributed by atoms with Gasteiger partial charge in [0.2, 0.25) is 0 Å². The summed E-state index contributed by atoms with van der Waals surface area (Å²) in [6.45, 7) is 0.694. The van der Waals surface area contributed by atoms with Gasteiger partial charge in [-0.05, 0) is 42.2 Å². The third-order valence-electron chi connectivity index (χ3n) is 4.27. The second kappa shape index (κ2) is 8.14. The topological polar surface area (TPSA) is 64.7 Å². The molecule has 2 aromatic heterocycles. The van der Waals surface area contributed by atoms with Crippen LogP contribution in [-0.4, -0.2) is 31.5 Å². The van der Waals surface area contributed by atoms with E-state index in [1.165, 1.54) is 11.8 Å². The molecule has 7 heteroatoms. The fourth-order valence-electron chi connectivity index (χ4n) is 2.94. The van der Waals surface area contributed by atoms with E-state index >= 15 is 0 Å². The van der Waals surface area contributed by atoms with Crippen LogP contribution in [0.1, 0.15) is 16.1 Å². The first kappa shape index (κ1) is 18.1. The molecule has 2 aromatic carbocycles. The van der Waals surface area contributed by atoms with E-state index < -0.39 is 0 Å². The van der Waals surface area contributed by atoms with Gasteiger partial charge in [-0.25, -0.2) is 4.98 Å². The summed E-state index contributed by atoms with van der Waals surface area (Å²) in [6.07, 6.45) is 7.24. The summed E-state index contributed by atoms with van der Waals surface area (Å²) in [7, 11) is 0. The number of hydrogen-bond donors (Lipinski definition) is 1. The Hall–Kier alpha value is -3.32. The Morgan fingerprint density at radius 2 is 1.86 bits per heavy atom. The molecule has 0 saturated carbocycles. The van der Waals surface area contributed by atoms with Crippen molar-refractivity contribution in [1.29, 1.82) is 0 Å². The van der Waals surface area contributed by atoms with Crippen molar-refractivity contribution in [2.45, 2.75) is 11.7 Å². The van der Waals surface area contributed by atoms with E-state index in [1.807, 2.05) is 82.4 Å². The lowest BCUT2D eigenvalue weighted by molar-refractivity contribution is 0.102. The number of carbonyl (C=O) groups excluding carboxylic acids is 1. The monoisotopic (exact) mass is 389 g/mol. The van der Waals surface area contributed by atoms with E-state index in [2.05, 4.69) is 15.4 Å². The predicted octanol–water partition coefficient (Wildman–Crippen LogP) is 4.09.